The number of allylic oxidation sites excluding steroid dienone is 2. The number of hydrazine groups is 1. The van der Waals surface area contributed by atoms with Gasteiger partial charge < -0.3 is 5.43 Å². The van der Waals surface area contributed by atoms with Crippen LogP contribution in [0.5, 0.6) is 0 Å². The highest BCUT2D eigenvalue weighted by Gasteiger charge is 2.12. The molecule has 1 aliphatic carbocycles. The first-order valence-corrected chi connectivity index (χ1v) is 3.34. The van der Waals surface area contributed by atoms with Crippen LogP contribution in [0.3, 0.4) is 0 Å². The van der Waals surface area contributed by atoms with E-state index in [1.807, 2.05) is 0 Å². The maximum atomic E-state index is 3.10. The summed E-state index contributed by atoms with van der Waals surface area (Å²) in [4.78, 5) is 0. The van der Waals surface area contributed by atoms with Crippen molar-refractivity contribution in [3.8, 4) is 0 Å². The lowest BCUT2D eigenvalue weighted by atomic mass is 10.0. The standard InChI is InChI=1S/C7H10N2.2ClH/c1-2-4-7-6(3-1)5-8-9-7;;/h2,4,8-9H,1,3,5H2;2*1H. The third kappa shape index (κ3) is 2.12. The summed E-state index contributed by atoms with van der Waals surface area (Å²) >= 11 is 0. The first-order chi connectivity index (χ1) is 4.47. The minimum atomic E-state index is 0. The van der Waals surface area contributed by atoms with Crippen LogP contribution >= 0.6 is 24.8 Å². The average Bonchev–Trinajstić information content (AvgIpc) is 2.33. The molecule has 64 valence electrons. The van der Waals surface area contributed by atoms with E-state index < -0.39 is 0 Å². The molecule has 1 heterocycles. The number of hydrogen-bond acceptors (Lipinski definition) is 2. The number of rotatable bonds is 0. The normalized spacial score (nSPS) is 19.6. The first-order valence-electron chi connectivity index (χ1n) is 3.34. The SMILES string of the molecule is C1=CC2=C(CC1)CNN2.Cl.Cl. The molecule has 2 nitrogen and oxygen atoms in total. The molecule has 0 saturated carbocycles. The Kier molecular flexibility index (Phi) is 4.57. The fraction of sp³-hybridized carbons (Fsp3) is 0.429. The van der Waals surface area contributed by atoms with Gasteiger partial charge in [-0.05, 0) is 24.5 Å². The van der Waals surface area contributed by atoms with E-state index >= 15 is 0 Å². The second kappa shape index (κ2) is 4.65. The van der Waals surface area contributed by atoms with Crippen LogP contribution in [0.2, 0.25) is 0 Å². The Morgan fingerprint density at radius 2 is 2.09 bits per heavy atom. The van der Waals surface area contributed by atoms with Crippen LogP contribution in [-0.4, -0.2) is 6.54 Å². The zero-order chi connectivity index (χ0) is 6.10. The second-order valence-corrected chi connectivity index (χ2v) is 2.44. The molecule has 0 aromatic heterocycles. The van der Waals surface area contributed by atoms with E-state index in [2.05, 4.69) is 23.0 Å². The quantitative estimate of drug-likeness (QED) is 0.612. The highest BCUT2D eigenvalue weighted by Crippen LogP contribution is 2.18. The molecule has 0 radical (unpaired) electrons. The van der Waals surface area contributed by atoms with Crippen LogP contribution in [0.4, 0.5) is 0 Å². The number of nitrogens with one attached hydrogen (secondary N) is 2. The predicted molar refractivity (Wildman–Crippen MR) is 51.0 cm³/mol. The van der Waals surface area contributed by atoms with Gasteiger partial charge in [-0.15, -0.1) is 24.8 Å². The molecule has 2 aliphatic rings. The largest absolute Gasteiger partial charge is 0.321 e. The average molecular weight is 195 g/mol. The van der Waals surface area contributed by atoms with E-state index in [1.165, 1.54) is 24.1 Å². The lowest BCUT2D eigenvalue weighted by Gasteiger charge is -2.04. The first kappa shape index (κ1) is 10.8. The van der Waals surface area contributed by atoms with Crippen molar-refractivity contribution in [1.29, 1.82) is 0 Å². The van der Waals surface area contributed by atoms with E-state index in [9.17, 15) is 0 Å². The van der Waals surface area contributed by atoms with Crippen molar-refractivity contribution in [3.63, 3.8) is 0 Å². The highest BCUT2D eigenvalue weighted by atomic mass is 35.5. The molecular weight excluding hydrogens is 183 g/mol. The molecule has 0 spiro atoms. The monoisotopic (exact) mass is 194 g/mol. The van der Waals surface area contributed by atoms with Crippen LogP contribution in [0.1, 0.15) is 12.8 Å². The summed E-state index contributed by atoms with van der Waals surface area (Å²) in [6, 6.07) is 0. The number of hydrogen-bond donors (Lipinski definition) is 2. The minimum absolute atomic E-state index is 0. The molecule has 2 N–H and O–H groups in total. The second-order valence-electron chi connectivity index (χ2n) is 2.44. The molecule has 0 amide bonds. The Hall–Kier alpha value is -0.180. The van der Waals surface area contributed by atoms with Crippen molar-refractivity contribution < 1.29 is 0 Å². The Labute approximate surface area is 78.9 Å². The molecule has 0 aromatic carbocycles. The van der Waals surface area contributed by atoms with E-state index in [0.29, 0.717) is 0 Å². The molecule has 2 rings (SSSR count). The van der Waals surface area contributed by atoms with Gasteiger partial charge in [-0.2, -0.15) is 0 Å². The van der Waals surface area contributed by atoms with Gasteiger partial charge in [0.2, 0.25) is 0 Å². The molecule has 0 bridgehead atoms. The highest BCUT2D eigenvalue weighted by molar-refractivity contribution is 5.85. The van der Waals surface area contributed by atoms with Gasteiger partial charge in [-0.3, -0.25) is 0 Å². The fourth-order valence-electron chi connectivity index (χ4n) is 1.27. The van der Waals surface area contributed by atoms with Crippen molar-refractivity contribution in [2.75, 3.05) is 6.54 Å². The van der Waals surface area contributed by atoms with Crippen LogP contribution in [0.25, 0.3) is 0 Å². The summed E-state index contributed by atoms with van der Waals surface area (Å²) in [5, 5.41) is 0. The van der Waals surface area contributed by atoms with Crippen LogP contribution in [-0.2, 0) is 0 Å². The van der Waals surface area contributed by atoms with Crippen molar-refractivity contribution in [2.45, 2.75) is 12.8 Å². The maximum absolute atomic E-state index is 3.10. The van der Waals surface area contributed by atoms with Crippen molar-refractivity contribution >= 4 is 24.8 Å². The minimum Gasteiger partial charge on any atom is -0.321 e. The number of halogens is 2. The summed E-state index contributed by atoms with van der Waals surface area (Å²) in [5.41, 5.74) is 9.01. The maximum Gasteiger partial charge on any atom is 0.0490 e. The third-order valence-corrected chi connectivity index (χ3v) is 1.80. The molecule has 0 saturated heterocycles. The molecule has 4 heteroatoms. The molecule has 11 heavy (non-hydrogen) atoms. The molecule has 0 unspecified atom stereocenters. The van der Waals surface area contributed by atoms with Gasteiger partial charge in [0.25, 0.3) is 0 Å². The zero-order valence-electron chi connectivity index (χ0n) is 6.09. The third-order valence-electron chi connectivity index (χ3n) is 1.80. The van der Waals surface area contributed by atoms with E-state index in [0.717, 1.165) is 6.54 Å². The summed E-state index contributed by atoms with van der Waals surface area (Å²) in [6.07, 6.45) is 6.80. The van der Waals surface area contributed by atoms with Gasteiger partial charge in [-0.1, -0.05) is 6.08 Å². The Bertz CT molecular complexity index is 187. The Morgan fingerprint density at radius 1 is 1.27 bits per heavy atom. The summed E-state index contributed by atoms with van der Waals surface area (Å²) in [7, 11) is 0. The molecule has 0 atom stereocenters. The van der Waals surface area contributed by atoms with Gasteiger partial charge in [-0.25, -0.2) is 5.43 Å². The van der Waals surface area contributed by atoms with Gasteiger partial charge in [0.15, 0.2) is 0 Å². The van der Waals surface area contributed by atoms with E-state index in [4.69, 9.17) is 0 Å². The predicted octanol–water partition coefficient (Wildman–Crippen LogP) is 1.54. The molecular formula is C7H12Cl2N2. The fourth-order valence-corrected chi connectivity index (χ4v) is 1.27. The smallest absolute Gasteiger partial charge is 0.0490 e. The van der Waals surface area contributed by atoms with Crippen LogP contribution < -0.4 is 10.9 Å². The topological polar surface area (TPSA) is 24.1 Å². The molecule has 0 aromatic rings. The van der Waals surface area contributed by atoms with Crippen molar-refractivity contribution in [1.82, 2.24) is 10.9 Å². The zero-order valence-corrected chi connectivity index (χ0v) is 7.73. The summed E-state index contributed by atoms with van der Waals surface area (Å²) in [6.45, 7) is 1.03. The van der Waals surface area contributed by atoms with Gasteiger partial charge >= 0.3 is 0 Å². The van der Waals surface area contributed by atoms with Crippen LogP contribution in [0, 0.1) is 0 Å². The summed E-state index contributed by atoms with van der Waals surface area (Å²) < 4.78 is 0. The van der Waals surface area contributed by atoms with Crippen LogP contribution in [0.15, 0.2) is 23.4 Å². The Balaban J connectivity index is 0.000000500. The van der Waals surface area contributed by atoms with Gasteiger partial charge in [0.05, 0.1) is 0 Å². The van der Waals surface area contributed by atoms with Crippen molar-refractivity contribution in [3.05, 3.63) is 23.4 Å². The molecule has 0 fully saturated rings. The Morgan fingerprint density at radius 3 is 2.82 bits per heavy atom. The van der Waals surface area contributed by atoms with Gasteiger partial charge in [0, 0.05) is 12.2 Å². The molecule has 1 aliphatic heterocycles. The van der Waals surface area contributed by atoms with Gasteiger partial charge in [0.1, 0.15) is 0 Å². The van der Waals surface area contributed by atoms with E-state index in [1.54, 1.807) is 0 Å². The lowest BCUT2D eigenvalue weighted by molar-refractivity contribution is 0.705. The lowest BCUT2D eigenvalue weighted by Crippen LogP contribution is -2.22. The van der Waals surface area contributed by atoms with E-state index in [-0.39, 0.29) is 24.8 Å². The van der Waals surface area contributed by atoms with Crippen molar-refractivity contribution in [2.24, 2.45) is 0 Å². The summed E-state index contributed by atoms with van der Waals surface area (Å²) in [5.74, 6) is 0.